The first-order valence-corrected chi connectivity index (χ1v) is 6.14. The molecule has 0 N–H and O–H groups in total. The van der Waals surface area contributed by atoms with Crippen molar-refractivity contribution in [2.24, 2.45) is 0 Å². The van der Waals surface area contributed by atoms with E-state index in [1.54, 1.807) is 6.07 Å². The van der Waals surface area contributed by atoms with Crippen molar-refractivity contribution in [3.05, 3.63) is 28.2 Å². The van der Waals surface area contributed by atoms with Gasteiger partial charge in [-0.15, -0.1) is 0 Å². The number of ether oxygens (including phenoxy) is 1. The minimum absolute atomic E-state index is 0.293. The first-order chi connectivity index (χ1) is 8.73. The van der Waals surface area contributed by atoms with Crippen LogP contribution < -0.4 is 4.74 Å². The molecule has 0 saturated carbocycles. The molecule has 0 amide bonds. The number of benzene rings is 1. The van der Waals surface area contributed by atoms with E-state index in [0.29, 0.717) is 15.8 Å². The van der Waals surface area contributed by atoms with Crippen LogP contribution in [-0.4, -0.2) is 44.1 Å². The van der Waals surface area contributed by atoms with Crippen molar-refractivity contribution >= 4 is 21.7 Å². The molecule has 1 rings (SSSR count). The highest BCUT2D eigenvalue weighted by molar-refractivity contribution is 9.10. The topological polar surface area (TPSA) is 29.5 Å². The number of halogens is 4. The molecule has 0 heterocycles. The molecule has 106 valence electrons. The van der Waals surface area contributed by atoms with Gasteiger partial charge in [-0.25, -0.2) is 0 Å². The summed E-state index contributed by atoms with van der Waals surface area (Å²) in [5, 5.41) is 0. The molecule has 0 aliphatic carbocycles. The molecule has 0 saturated heterocycles. The van der Waals surface area contributed by atoms with E-state index < -0.39 is 12.7 Å². The normalized spacial score (nSPS) is 11.7. The summed E-state index contributed by atoms with van der Waals surface area (Å²) in [5.74, 6) is 0.176. The molecule has 0 unspecified atom stereocenters. The van der Waals surface area contributed by atoms with E-state index in [1.165, 1.54) is 26.3 Å². The summed E-state index contributed by atoms with van der Waals surface area (Å²) in [4.78, 5) is 12.8. The number of carbonyl (C=O) groups excluding carboxylic acids is 1. The van der Waals surface area contributed by atoms with Gasteiger partial charge in [-0.1, -0.05) is 0 Å². The van der Waals surface area contributed by atoms with Crippen LogP contribution in [0.5, 0.6) is 5.75 Å². The second-order valence-corrected chi connectivity index (χ2v) is 4.91. The molecule has 1 aromatic carbocycles. The number of alkyl halides is 3. The third kappa shape index (κ3) is 5.20. The lowest BCUT2D eigenvalue weighted by molar-refractivity contribution is -0.141. The summed E-state index contributed by atoms with van der Waals surface area (Å²) in [5.41, 5.74) is 0.335. The molecule has 0 aliphatic heterocycles. The Morgan fingerprint density at radius 1 is 1.42 bits per heavy atom. The van der Waals surface area contributed by atoms with E-state index in [4.69, 9.17) is 4.74 Å². The number of rotatable bonds is 5. The van der Waals surface area contributed by atoms with Gasteiger partial charge in [0.1, 0.15) is 5.75 Å². The highest BCUT2D eigenvalue weighted by Gasteiger charge is 2.29. The zero-order valence-electron chi connectivity index (χ0n) is 10.4. The third-order valence-corrected chi connectivity index (χ3v) is 2.96. The molecule has 0 atom stereocenters. The van der Waals surface area contributed by atoms with E-state index in [2.05, 4.69) is 15.9 Å². The Hall–Kier alpha value is -1.08. The van der Waals surface area contributed by atoms with Crippen LogP contribution >= 0.6 is 15.9 Å². The monoisotopic (exact) mass is 339 g/mol. The molecule has 0 bridgehead atoms. The minimum atomic E-state index is -4.31. The number of likely N-dealkylation sites (N-methyl/N-ethyl adjacent to an activating group) is 1. The van der Waals surface area contributed by atoms with Crippen LogP contribution in [0, 0.1) is 0 Å². The van der Waals surface area contributed by atoms with Crippen LogP contribution in [0.25, 0.3) is 0 Å². The van der Waals surface area contributed by atoms with Crippen LogP contribution in [0.15, 0.2) is 22.7 Å². The van der Waals surface area contributed by atoms with Crippen molar-refractivity contribution in [2.45, 2.75) is 6.18 Å². The fourth-order valence-corrected chi connectivity index (χ4v) is 2.08. The van der Waals surface area contributed by atoms with Gasteiger partial charge in [0, 0.05) is 5.56 Å². The number of hydrogen-bond donors (Lipinski definition) is 0. The first kappa shape index (κ1) is 16.0. The van der Waals surface area contributed by atoms with Crippen LogP contribution in [0.2, 0.25) is 0 Å². The number of ketones is 1. The molecule has 0 radical (unpaired) electrons. The first-order valence-electron chi connectivity index (χ1n) is 5.35. The summed E-state index contributed by atoms with van der Waals surface area (Å²) in [6.45, 7) is -1.41. The van der Waals surface area contributed by atoms with E-state index in [1.807, 2.05) is 0 Å². The molecular weight excluding hydrogens is 327 g/mol. The SMILES string of the molecule is COc1ccc(C(=O)CN(C)CC(F)(F)F)cc1Br. The quantitative estimate of drug-likeness (QED) is 0.772. The minimum Gasteiger partial charge on any atom is -0.496 e. The zero-order chi connectivity index (χ0) is 14.6. The molecule has 0 aromatic heterocycles. The van der Waals surface area contributed by atoms with Gasteiger partial charge >= 0.3 is 6.18 Å². The average Bonchev–Trinajstić information content (AvgIpc) is 2.26. The predicted octanol–water partition coefficient (Wildman–Crippen LogP) is 3.13. The van der Waals surface area contributed by atoms with Gasteiger partial charge in [0.15, 0.2) is 5.78 Å². The van der Waals surface area contributed by atoms with E-state index >= 15 is 0 Å². The Kier molecular flexibility index (Phi) is 5.37. The lowest BCUT2D eigenvalue weighted by Crippen LogP contribution is -2.34. The van der Waals surface area contributed by atoms with Crippen molar-refractivity contribution in [3.8, 4) is 5.75 Å². The fourth-order valence-electron chi connectivity index (χ4n) is 1.54. The Morgan fingerprint density at radius 2 is 2.05 bits per heavy atom. The van der Waals surface area contributed by atoms with Crippen LogP contribution in [0.1, 0.15) is 10.4 Å². The third-order valence-electron chi connectivity index (χ3n) is 2.34. The number of carbonyl (C=O) groups is 1. The highest BCUT2D eigenvalue weighted by atomic mass is 79.9. The summed E-state index contributed by atoms with van der Waals surface area (Å²) in [6, 6.07) is 4.64. The van der Waals surface area contributed by atoms with Gasteiger partial charge in [0.05, 0.1) is 24.7 Å². The molecule has 0 spiro atoms. The lowest BCUT2D eigenvalue weighted by Gasteiger charge is -2.17. The average molecular weight is 340 g/mol. The van der Waals surface area contributed by atoms with Crippen LogP contribution in [0.4, 0.5) is 13.2 Å². The van der Waals surface area contributed by atoms with E-state index in [-0.39, 0.29) is 12.3 Å². The van der Waals surface area contributed by atoms with Crippen molar-refractivity contribution in [1.29, 1.82) is 0 Å². The smallest absolute Gasteiger partial charge is 0.401 e. The second-order valence-electron chi connectivity index (χ2n) is 4.06. The summed E-state index contributed by atoms with van der Waals surface area (Å²) in [7, 11) is 2.74. The predicted molar refractivity (Wildman–Crippen MR) is 68.6 cm³/mol. The Balaban J connectivity index is 2.71. The molecule has 3 nitrogen and oxygen atoms in total. The fraction of sp³-hybridized carbons (Fsp3) is 0.417. The van der Waals surface area contributed by atoms with E-state index in [9.17, 15) is 18.0 Å². The van der Waals surface area contributed by atoms with Crippen LogP contribution in [0.3, 0.4) is 0 Å². The van der Waals surface area contributed by atoms with Gasteiger partial charge in [0.25, 0.3) is 0 Å². The Morgan fingerprint density at radius 3 is 2.53 bits per heavy atom. The van der Waals surface area contributed by atoms with Crippen molar-refractivity contribution < 1.29 is 22.7 Å². The van der Waals surface area contributed by atoms with Gasteiger partial charge in [-0.3, -0.25) is 9.69 Å². The van der Waals surface area contributed by atoms with Gasteiger partial charge in [-0.2, -0.15) is 13.2 Å². The highest BCUT2D eigenvalue weighted by Crippen LogP contribution is 2.25. The number of methoxy groups -OCH3 is 1. The van der Waals surface area contributed by atoms with Gasteiger partial charge < -0.3 is 4.74 Å². The molecule has 1 aromatic rings. The molecular formula is C12H13BrF3NO2. The van der Waals surface area contributed by atoms with Crippen LogP contribution in [-0.2, 0) is 0 Å². The Labute approximate surface area is 117 Å². The standard InChI is InChI=1S/C12H13BrF3NO2/c1-17(7-12(14,15)16)6-10(18)8-3-4-11(19-2)9(13)5-8/h3-5H,6-7H2,1-2H3. The summed E-state index contributed by atoms with van der Waals surface area (Å²) < 4.78 is 42.0. The number of nitrogens with zero attached hydrogens (tertiary/aromatic N) is 1. The summed E-state index contributed by atoms with van der Waals surface area (Å²) in [6.07, 6.45) is -4.31. The molecule has 0 fully saturated rings. The largest absolute Gasteiger partial charge is 0.496 e. The molecule has 7 heteroatoms. The zero-order valence-corrected chi connectivity index (χ0v) is 12.0. The van der Waals surface area contributed by atoms with Gasteiger partial charge in [-0.05, 0) is 41.2 Å². The number of hydrogen-bond acceptors (Lipinski definition) is 3. The number of Topliss-reactive ketones (excluding diaryl/α,β-unsaturated/α-hetero) is 1. The molecule has 19 heavy (non-hydrogen) atoms. The van der Waals surface area contributed by atoms with E-state index in [0.717, 1.165) is 4.90 Å². The summed E-state index contributed by atoms with van der Waals surface area (Å²) >= 11 is 3.22. The maximum atomic E-state index is 12.1. The maximum Gasteiger partial charge on any atom is 0.401 e. The van der Waals surface area contributed by atoms with Gasteiger partial charge in [0.2, 0.25) is 0 Å². The van der Waals surface area contributed by atoms with Crippen molar-refractivity contribution in [1.82, 2.24) is 4.90 Å². The molecule has 0 aliphatic rings. The maximum absolute atomic E-state index is 12.1. The lowest BCUT2D eigenvalue weighted by atomic mass is 10.1. The van der Waals surface area contributed by atoms with Crippen molar-refractivity contribution in [3.63, 3.8) is 0 Å². The van der Waals surface area contributed by atoms with Crippen molar-refractivity contribution in [2.75, 3.05) is 27.2 Å². The Bertz CT molecular complexity index is 463. The second kappa shape index (κ2) is 6.38.